The van der Waals surface area contributed by atoms with Gasteiger partial charge in [-0.3, -0.25) is 4.79 Å². The number of para-hydroxylation sites is 1. The van der Waals surface area contributed by atoms with Crippen LogP contribution in [-0.4, -0.2) is 30.3 Å². The van der Waals surface area contributed by atoms with Crippen LogP contribution in [0.5, 0.6) is 0 Å². The molecular formula is C23H20ClN7O2. The van der Waals surface area contributed by atoms with Crippen molar-refractivity contribution in [3.8, 4) is 11.8 Å². The number of halogens is 1. The highest BCUT2D eigenvalue weighted by atomic mass is 35.5. The maximum absolute atomic E-state index is 12.8. The number of anilines is 1. The Bertz CT molecular complexity index is 1430. The third-order valence-electron chi connectivity index (χ3n) is 5.40. The fraction of sp³-hybridized carbons (Fsp3) is 0.174. The number of amides is 1. The summed E-state index contributed by atoms with van der Waals surface area (Å²) in [5.74, 6) is -0.125. The molecule has 4 aromatic rings. The maximum Gasteiger partial charge on any atom is 0.369 e. The summed E-state index contributed by atoms with van der Waals surface area (Å²) < 4.78 is 3.85. The minimum absolute atomic E-state index is 0.333. The van der Waals surface area contributed by atoms with Crippen molar-refractivity contribution in [3.63, 3.8) is 0 Å². The summed E-state index contributed by atoms with van der Waals surface area (Å²) in [5, 5.41) is 20.4. The Kier molecular flexibility index (Phi) is 6.11. The Labute approximate surface area is 194 Å². The van der Waals surface area contributed by atoms with Crippen molar-refractivity contribution in [2.75, 3.05) is 5.32 Å². The first-order valence-electron chi connectivity index (χ1n) is 10.1. The van der Waals surface area contributed by atoms with E-state index in [-0.39, 0.29) is 6.54 Å². The van der Waals surface area contributed by atoms with Crippen LogP contribution in [0.2, 0.25) is 5.02 Å². The molecule has 2 aromatic carbocycles. The van der Waals surface area contributed by atoms with Gasteiger partial charge < -0.3 is 9.88 Å². The lowest BCUT2D eigenvalue weighted by Crippen LogP contribution is -2.30. The second-order valence-electron chi connectivity index (χ2n) is 7.45. The van der Waals surface area contributed by atoms with Crippen molar-refractivity contribution in [2.24, 2.45) is 0 Å². The minimum atomic E-state index is -0.606. The highest BCUT2D eigenvalue weighted by molar-refractivity contribution is 6.32. The van der Waals surface area contributed by atoms with E-state index >= 15 is 0 Å². The van der Waals surface area contributed by atoms with Gasteiger partial charge in [-0.05, 0) is 47.5 Å². The summed E-state index contributed by atoms with van der Waals surface area (Å²) in [7, 11) is 0. The first-order chi connectivity index (χ1) is 15.9. The van der Waals surface area contributed by atoms with Crippen LogP contribution in [0, 0.1) is 25.2 Å². The Morgan fingerprint density at radius 2 is 1.79 bits per heavy atom. The van der Waals surface area contributed by atoms with Gasteiger partial charge in [0.25, 0.3) is 0 Å². The molecular weight excluding hydrogens is 442 g/mol. The molecule has 1 amide bonds. The van der Waals surface area contributed by atoms with E-state index in [1.807, 2.05) is 48.7 Å². The fourth-order valence-electron chi connectivity index (χ4n) is 3.55. The zero-order valence-electron chi connectivity index (χ0n) is 18.0. The average Bonchev–Trinajstić information content (AvgIpc) is 3.27. The number of nitrogens with zero attached hydrogens (tertiary/aromatic N) is 6. The number of carbonyl (C=O) groups excluding carboxylic acids is 1. The quantitative estimate of drug-likeness (QED) is 0.474. The van der Waals surface area contributed by atoms with E-state index in [9.17, 15) is 14.9 Å². The van der Waals surface area contributed by atoms with E-state index in [1.54, 1.807) is 24.3 Å². The molecule has 0 fully saturated rings. The van der Waals surface area contributed by atoms with Gasteiger partial charge >= 0.3 is 5.69 Å². The number of carbonyl (C=O) groups is 1. The molecule has 33 heavy (non-hydrogen) atoms. The Morgan fingerprint density at radius 3 is 2.48 bits per heavy atom. The number of nitriles is 1. The molecule has 0 saturated carbocycles. The lowest BCUT2D eigenvalue weighted by atomic mass is 10.2. The van der Waals surface area contributed by atoms with Gasteiger partial charge in [-0.1, -0.05) is 54.1 Å². The summed E-state index contributed by atoms with van der Waals surface area (Å²) in [4.78, 5) is 25.5. The number of nitrogens with one attached hydrogen (secondary N) is 1. The van der Waals surface area contributed by atoms with Gasteiger partial charge in [0.1, 0.15) is 18.4 Å². The molecule has 0 aliphatic heterocycles. The molecule has 2 aromatic heterocycles. The fourth-order valence-corrected chi connectivity index (χ4v) is 3.77. The first-order valence-corrected chi connectivity index (χ1v) is 10.5. The number of tetrazole rings is 1. The van der Waals surface area contributed by atoms with Gasteiger partial charge in [-0.2, -0.15) is 14.6 Å². The molecule has 0 aliphatic rings. The third-order valence-corrected chi connectivity index (χ3v) is 5.72. The lowest BCUT2D eigenvalue weighted by Gasteiger charge is -2.13. The molecule has 4 rings (SSSR count). The van der Waals surface area contributed by atoms with Gasteiger partial charge in [0, 0.05) is 12.2 Å². The topological polar surface area (TPSA) is 111 Å². The van der Waals surface area contributed by atoms with Crippen LogP contribution in [0.15, 0.2) is 59.4 Å². The molecule has 10 heteroatoms. The van der Waals surface area contributed by atoms with Crippen LogP contribution in [0.4, 0.5) is 5.82 Å². The predicted octanol–water partition coefficient (Wildman–Crippen LogP) is 3.06. The molecule has 0 atom stereocenters. The molecule has 0 saturated heterocycles. The molecule has 0 spiro atoms. The number of benzene rings is 2. The van der Waals surface area contributed by atoms with Gasteiger partial charge in [0.2, 0.25) is 5.91 Å². The standard InChI is InChI=1S/C23H20ClN7O2/c1-15-16(2)29(13-17-8-4-3-5-9-17)22(18(15)12-25)26-21(32)14-30-23(33)31(28-27-30)20-11-7-6-10-19(20)24/h3-11H,13-14H2,1-2H3,(H,26,32). The van der Waals surface area contributed by atoms with Crippen LogP contribution in [0.25, 0.3) is 5.69 Å². The highest BCUT2D eigenvalue weighted by Gasteiger charge is 2.21. The van der Waals surface area contributed by atoms with Crippen LogP contribution in [-0.2, 0) is 17.9 Å². The van der Waals surface area contributed by atoms with Crippen LogP contribution >= 0.6 is 11.6 Å². The monoisotopic (exact) mass is 461 g/mol. The number of aromatic nitrogens is 5. The molecule has 166 valence electrons. The van der Waals surface area contributed by atoms with Crippen molar-refractivity contribution in [1.29, 1.82) is 5.26 Å². The van der Waals surface area contributed by atoms with E-state index in [2.05, 4.69) is 21.8 Å². The molecule has 9 nitrogen and oxygen atoms in total. The highest BCUT2D eigenvalue weighted by Crippen LogP contribution is 2.27. The molecule has 0 unspecified atom stereocenters. The zero-order chi connectivity index (χ0) is 23.5. The summed E-state index contributed by atoms with van der Waals surface area (Å²) >= 11 is 6.14. The van der Waals surface area contributed by atoms with Crippen LogP contribution in [0.3, 0.4) is 0 Å². The first kappa shape index (κ1) is 22.0. The second kappa shape index (κ2) is 9.14. The van der Waals surface area contributed by atoms with Crippen LogP contribution < -0.4 is 11.0 Å². The molecule has 2 heterocycles. The largest absolute Gasteiger partial charge is 0.369 e. The SMILES string of the molecule is Cc1c(C#N)c(NC(=O)Cn2nnn(-c3ccccc3Cl)c2=O)n(Cc2ccccc2)c1C. The summed E-state index contributed by atoms with van der Waals surface area (Å²) in [6, 6.07) is 18.6. The van der Waals surface area contributed by atoms with Gasteiger partial charge in [-0.15, -0.1) is 0 Å². The lowest BCUT2D eigenvalue weighted by molar-refractivity contribution is -0.117. The summed E-state index contributed by atoms with van der Waals surface area (Å²) in [6.45, 7) is 3.84. The number of hydrogen-bond donors (Lipinski definition) is 1. The van der Waals surface area contributed by atoms with Crippen LogP contribution in [0.1, 0.15) is 22.4 Å². The predicted molar refractivity (Wildman–Crippen MR) is 123 cm³/mol. The minimum Gasteiger partial charge on any atom is -0.326 e. The van der Waals surface area contributed by atoms with E-state index in [0.717, 1.165) is 26.2 Å². The Balaban J connectivity index is 1.61. The molecule has 0 aliphatic carbocycles. The average molecular weight is 462 g/mol. The Hall–Kier alpha value is -4.16. The molecule has 1 N–H and O–H groups in total. The van der Waals surface area contributed by atoms with Crippen molar-refractivity contribution in [2.45, 2.75) is 26.9 Å². The summed E-state index contributed by atoms with van der Waals surface area (Å²) in [5.41, 5.74) is 2.81. The normalized spacial score (nSPS) is 10.7. The van der Waals surface area contributed by atoms with Gasteiger partial charge in [0.05, 0.1) is 16.3 Å². The molecule has 0 bridgehead atoms. The van der Waals surface area contributed by atoms with Crippen molar-refractivity contribution >= 4 is 23.3 Å². The molecule has 0 radical (unpaired) electrons. The maximum atomic E-state index is 12.8. The second-order valence-corrected chi connectivity index (χ2v) is 7.86. The number of hydrogen-bond acceptors (Lipinski definition) is 5. The van der Waals surface area contributed by atoms with E-state index in [1.165, 1.54) is 0 Å². The third kappa shape index (κ3) is 4.29. The van der Waals surface area contributed by atoms with Crippen molar-refractivity contribution in [3.05, 3.63) is 92.5 Å². The van der Waals surface area contributed by atoms with E-state index in [4.69, 9.17) is 11.6 Å². The summed E-state index contributed by atoms with van der Waals surface area (Å²) in [6.07, 6.45) is 0. The van der Waals surface area contributed by atoms with Crippen molar-refractivity contribution < 1.29 is 4.79 Å². The number of rotatable bonds is 6. The van der Waals surface area contributed by atoms with Gasteiger partial charge in [-0.25, -0.2) is 4.79 Å². The zero-order valence-corrected chi connectivity index (χ0v) is 18.7. The van der Waals surface area contributed by atoms with Crippen molar-refractivity contribution in [1.82, 2.24) is 24.4 Å². The van der Waals surface area contributed by atoms with Gasteiger partial charge in [0.15, 0.2) is 0 Å². The van der Waals surface area contributed by atoms with E-state index < -0.39 is 11.6 Å². The Morgan fingerprint density at radius 1 is 1.09 bits per heavy atom. The smallest absolute Gasteiger partial charge is 0.326 e. The van der Waals surface area contributed by atoms with E-state index in [0.29, 0.717) is 28.6 Å².